The fraction of sp³-hybridized carbons (Fsp3) is 0.545. The van der Waals surface area contributed by atoms with Crippen molar-refractivity contribution in [1.29, 1.82) is 0 Å². The van der Waals surface area contributed by atoms with Crippen LogP contribution in [0.2, 0.25) is 0 Å². The molecule has 1 aromatic carbocycles. The van der Waals surface area contributed by atoms with Gasteiger partial charge in [0.15, 0.2) is 0 Å². The SMILES string of the molecule is CCOc1ccc(S(=O)(=O)N2CCC(C(=O)N3CCC(n4ccnc4)CC3)CC2)cc1. The second-order valence-electron chi connectivity index (χ2n) is 8.15. The van der Waals surface area contributed by atoms with E-state index in [-0.39, 0.29) is 16.7 Å². The van der Waals surface area contributed by atoms with Crippen LogP contribution in [-0.2, 0) is 14.8 Å². The van der Waals surface area contributed by atoms with Crippen molar-refractivity contribution >= 4 is 15.9 Å². The Morgan fingerprint density at radius 1 is 1.06 bits per heavy atom. The van der Waals surface area contributed by atoms with Crippen molar-refractivity contribution in [2.24, 2.45) is 5.92 Å². The Hall–Kier alpha value is -2.39. The van der Waals surface area contributed by atoms with Gasteiger partial charge < -0.3 is 14.2 Å². The Balaban J connectivity index is 1.30. The molecule has 2 fully saturated rings. The van der Waals surface area contributed by atoms with Gasteiger partial charge in [-0.05, 0) is 56.9 Å². The van der Waals surface area contributed by atoms with E-state index in [1.807, 2.05) is 24.3 Å². The lowest BCUT2D eigenvalue weighted by Gasteiger charge is -2.37. The average molecular weight is 447 g/mol. The minimum Gasteiger partial charge on any atom is -0.494 e. The predicted octanol–water partition coefficient (Wildman–Crippen LogP) is 2.55. The standard InChI is InChI=1S/C22H30N4O4S/c1-2-30-20-3-5-21(6-4-20)31(28,29)26-14-7-18(8-15-26)22(27)24-12-9-19(10-13-24)25-16-11-23-17-25/h3-6,11,16-19H,2,7-10,12-15H2,1H3. The zero-order chi connectivity index (χ0) is 21.8. The van der Waals surface area contributed by atoms with Gasteiger partial charge in [-0.25, -0.2) is 13.4 Å². The quantitative estimate of drug-likeness (QED) is 0.681. The van der Waals surface area contributed by atoms with Crippen molar-refractivity contribution in [3.63, 3.8) is 0 Å². The summed E-state index contributed by atoms with van der Waals surface area (Å²) < 4.78 is 34.9. The number of carbonyl (C=O) groups excluding carboxylic acids is 1. The Morgan fingerprint density at radius 3 is 2.32 bits per heavy atom. The van der Waals surface area contributed by atoms with E-state index < -0.39 is 10.0 Å². The largest absolute Gasteiger partial charge is 0.494 e. The van der Waals surface area contributed by atoms with Gasteiger partial charge in [-0.1, -0.05) is 0 Å². The highest BCUT2D eigenvalue weighted by Gasteiger charge is 2.35. The topological polar surface area (TPSA) is 84.7 Å². The van der Waals surface area contributed by atoms with Crippen LogP contribution in [0.15, 0.2) is 47.9 Å². The summed E-state index contributed by atoms with van der Waals surface area (Å²) in [5.74, 6) is 0.723. The van der Waals surface area contributed by atoms with E-state index >= 15 is 0 Å². The highest BCUT2D eigenvalue weighted by atomic mass is 32.2. The van der Waals surface area contributed by atoms with Crippen LogP contribution >= 0.6 is 0 Å². The van der Waals surface area contributed by atoms with Crippen LogP contribution in [-0.4, -0.2) is 65.9 Å². The van der Waals surface area contributed by atoms with Gasteiger partial charge in [-0.3, -0.25) is 4.79 Å². The summed E-state index contributed by atoms with van der Waals surface area (Å²) >= 11 is 0. The first-order valence-electron chi connectivity index (χ1n) is 11.0. The minimum atomic E-state index is -3.56. The molecule has 8 nitrogen and oxygen atoms in total. The maximum Gasteiger partial charge on any atom is 0.243 e. The van der Waals surface area contributed by atoms with Crippen LogP contribution in [0.25, 0.3) is 0 Å². The number of aromatic nitrogens is 2. The summed E-state index contributed by atoms with van der Waals surface area (Å²) in [5, 5.41) is 0. The molecular formula is C22H30N4O4S. The third kappa shape index (κ3) is 4.77. The van der Waals surface area contributed by atoms with E-state index in [4.69, 9.17) is 4.74 Å². The monoisotopic (exact) mass is 446 g/mol. The number of nitrogens with zero attached hydrogens (tertiary/aromatic N) is 4. The van der Waals surface area contributed by atoms with Crippen LogP contribution in [0, 0.1) is 5.92 Å². The Morgan fingerprint density at radius 2 is 1.74 bits per heavy atom. The summed E-state index contributed by atoms with van der Waals surface area (Å²) in [7, 11) is -3.56. The second kappa shape index (κ2) is 9.40. The first kappa shape index (κ1) is 21.8. The van der Waals surface area contributed by atoms with Crippen molar-refractivity contribution in [3.8, 4) is 5.75 Å². The molecule has 0 aliphatic carbocycles. The van der Waals surface area contributed by atoms with Crippen LogP contribution in [0.4, 0.5) is 0 Å². The molecule has 2 aliphatic heterocycles. The molecule has 31 heavy (non-hydrogen) atoms. The molecule has 9 heteroatoms. The van der Waals surface area contributed by atoms with E-state index in [0.717, 1.165) is 25.9 Å². The number of sulfonamides is 1. The number of likely N-dealkylation sites (tertiary alicyclic amines) is 1. The van der Waals surface area contributed by atoms with E-state index in [1.165, 1.54) is 4.31 Å². The van der Waals surface area contributed by atoms with E-state index in [0.29, 0.717) is 44.3 Å². The number of hydrogen-bond donors (Lipinski definition) is 0. The molecule has 2 aliphatic rings. The molecule has 2 aromatic rings. The van der Waals surface area contributed by atoms with Gasteiger partial charge in [0, 0.05) is 50.5 Å². The first-order chi connectivity index (χ1) is 15.0. The minimum absolute atomic E-state index is 0.100. The fourth-order valence-electron chi connectivity index (χ4n) is 4.49. The van der Waals surface area contributed by atoms with Gasteiger partial charge in [0.2, 0.25) is 15.9 Å². The number of amides is 1. The molecule has 168 valence electrons. The van der Waals surface area contributed by atoms with Gasteiger partial charge in [-0.2, -0.15) is 4.31 Å². The van der Waals surface area contributed by atoms with Gasteiger partial charge >= 0.3 is 0 Å². The summed E-state index contributed by atoms with van der Waals surface area (Å²) in [6.07, 6.45) is 8.57. The molecule has 0 unspecified atom stereocenters. The smallest absolute Gasteiger partial charge is 0.243 e. The highest BCUT2D eigenvalue weighted by molar-refractivity contribution is 7.89. The Kier molecular flexibility index (Phi) is 6.62. The van der Waals surface area contributed by atoms with E-state index in [1.54, 1.807) is 30.5 Å². The zero-order valence-electron chi connectivity index (χ0n) is 17.9. The molecule has 0 saturated carbocycles. The number of benzene rings is 1. The molecule has 0 spiro atoms. The molecule has 1 amide bonds. The predicted molar refractivity (Wildman–Crippen MR) is 116 cm³/mol. The molecule has 0 bridgehead atoms. The summed E-state index contributed by atoms with van der Waals surface area (Å²) in [4.78, 5) is 19.3. The Labute approximate surface area is 183 Å². The number of hydrogen-bond acceptors (Lipinski definition) is 5. The zero-order valence-corrected chi connectivity index (χ0v) is 18.7. The highest BCUT2D eigenvalue weighted by Crippen LogP contribution is 2.28. The summed E-state index contributed by atoms with van der Waals surface area (Å²) in [5.41, 5.74) is 0. The third-order valence-electron chi connectivity index (χ3n) is 6.30. The van der Waals surface area contributed by atoms with Crippen molar-refractivity contribution in [3.05, 3.63) is 43.0 Å². The molecule has 4 rings (SSSR count). The number of ether oxygens (including phenoxy) is 1. The van der Waals surface area contributed by atoms with Crippen LogP contribution in [0.1, 0.15) is 38.6 Å². The van der Waals surface area contributed by atoms with Crippen molar-refractivity contribution in [2.45, 2.75) is 43.5 Å². The molecule has 2 saturated heterocycles. The number of imidazole rings is 1. The van der Waals surface area contributed by atoms with E-state index in [9.17, 15) is 13.2 Å². The normalized spacial score (nSPS) is 19.5. The molecule has 0 N–H and O–H groups in total. The van der Waals surface area contributed by atoms with Crippen LogP contribution in [0.3, 0.4) is 0 Å². The summed E-state index contributed by atoms with van der Waals surface area (Å²) in [6.45, 7) is 4.65. The average Bonchev–Trinajstić information content (AvgIpc) is 3.34. The van der Waals surface area contributed by atoms with Crippen molar-refractivity contribution < 1.29 is 17.9 Å². The first-order valence-corrected chi connectivity index (χ1v) is 12.4. The van der Waals surface area contributed by atoms with Gasteiger partial charge in [0.1, 0.15) is 5.75 Å². The van der Waals surface area contributed by atoms with E-state index in [2.05, 4.69) is 9.55 Å². The maximum atomic E-state index is 13.0. The van der Waals surface area contributed by atoms with Crippen LogP contribution in [0.5, 0.6) is 5.75 Å². The summed E-state index contributed by atoms with van der Waals surface area (Å²) in [6, 6.07) is 6.93. The van der Waals surface area contributed by atoms with Gasteiger partial charge in [-0.15, -0.1) is 0 Å². The molecule has 0 radical (unpaired) electrons. The lowest BCUT2D eigenvalue weighted by Crippen LogP contribution is -2.46. The lowest BCUT2D eigenvalue weighted by atomic mass is 9.95. The molecule has 3 heterocycles. The van der Waals surface area contributed by atoms with Crippen molar-refractivity contribution in [1.82, 2.24) is 18.8 Å². The van der Waals surface area contributed by atoms with Crippen molar-refractivity contribution in [2.75, 3.05) is 32.8 Å². The third-order valence-corrected chi connectivity index (χ3v) is 8.21. The Bertz CT molecular complexity index is 959. The van der Waals surface area contributed by atoms with Crippen LogP contribution < -0.4 is 4.74 Å². The number of piperidine rings is 2. The molecular weight excluding hydrogens is 416 g/mol. The lowest BCUT2D eigenvalue weighted by molar-refractivity contribution is -0.138. The molecule has 0 atom stereocenters. The fourth-order valence-corrected chi connectivity index (χ4v) is 5.96. The second-order valence-corrected chi connectivity index (χ2v) is 10.1. The number of carbonyl (C=O) groups is 1. The van der Waals surface area contributed by atoms with Gasteiger partial charge in [0.05, 0.1) is 17.8 Å². The number of rotatable bonds is 6. The maximum absolute atomic E-state index is 13.0. The van der Waals surface area contributed by atoms with Gasteiger partial charge in [0.25, 0.3) is 0 Å². The molecule has 1 aromatic heterocycles.